The van der Waals surface area contributed by atoms with Crippen LogP contribution in [-0.2, 0) is 9.53 Å². The molecular weight excluding hydrogens is 345 g/mol. The first kappa shape index (κ1) is 13.6. The summed E-state index contributed by atoms with van der Waals surface area (Å²) in [4.78, 5) is 13.9. The third-order valence-corrected chi connectivity index (χ3v) is 3.46. The molecule has 1 aliphatic heterocycles. The molecule has 0 aromatic heterocycles. The molecule has 0 fully saturated rings. The second-order valence-corrected chi connectivity index (χ2v) is 5.30. The van der Waals surface area contributed by atoms with Crippen molar-refractivity contribution in [3.63, 3.8) is 0 Å². The molecule has 0 saturated heterocycles. The molecule has 4 nitrogen and oxygen atoms in total. The second kappa shape index (κ2) is 5.88. The number of ether oxygens (including phenoxy) is 2. The smallest absolute Gasteiger partial charge is 0.267 e. The van der Waals surface area contributed by atoms with Gasteiger partial charge in [0.15, 0.2) is 6.10 Å². The van der Waals surface area contributed by atoms with Crippen LogP contribution in [0.4, 0.5) is 5.69 Å². The van der Waals surface area contributed by atoms with Crippen molar-refractivity contribution in [1.82, 2.24) is 0 Å². The highest BCUT2D eigenvalue weighted by Gasteiger charge is 2.31. The van der Waals surface area contributed by atoms with Gasteiger partial charge in [0, 0.05) is 16.7 Å². The van der Waals surface area contributed by atoms with E-state index in [1.165, 1.54) is 0 Å². The van der Waals surface area contributed by atoms with Gasteiger partial charge in [0.05, 0.1) is 12.3 Å². The second-order valence-electron chi connectivity index (χ2n) is 4.06. The number of fused-ring (bicyclic) bond motifs is 1. The van der Waals surface area contributed by atoms with Crippen molar-refractivity contribution in [2.24, 2.45) is 0 Å². The monoisotopic (exact) mass is 361 g/mol. The van der Waals surface area contributed by atoms with E-state index in [0.717, 1.165) is 15.0 Å². The first-order valence-corrected chi connectivity index (χ1v) is 7.06. The largest absolute Gasteiger partial charge is 0.479 e. The molecule has 98 valence electrons. The topological polar surface area (TPSA) is 38.8 Å². The van der Waals surface area contributed by atoms with Crippen molar-refractivity contribution in [3.8, 4) is 5.75 Å². The lowest BCUT2D eigenvalue weighted by atomic mass is 10.2. The summed E-state index contributed by atoms with van der Waals surface area (Å²) in [5.74, 6) is 0.758. The number of amides is 1. The molecule has 0 spiro atoms. The Hall–Kier alpha value is -0.820. The van der Waals surface area contributed by atoms with Gasteiger partial charge >= 0.3 is 0 Å². The lowest BCUT2D eigenvalue weighted by Crippen LogP contribution is -2.45. The normalized spacial score (nSPS) is 18.5. The number of carbonyl (C=O) groups excluding carboxylic acids is 1. The summed E-state index contributed by atoms with van der Waals surface area (Å²) < 4.78 is 12.0. The third kappa shape index (κ3) is 2.77. The van der Waals surface area contributed by atoms with Gasteiger partial charge in [-0.15, -0.1) is 0 Å². The Bertz CT molecular complexity index is 450. The number of rotatable bonds is 4. The van der Waals surface area contributed by atoms with Crippen molar-refractivity contribution in [1.29, 1.82) is 0 Å². The van der Waals surface area contributed by atoms with Crippen molar-refractivity contribution < 1.29 is 14.3 Å². The van der Waals surface area contributed by atoms with E-state index in [2.05, 4.69) is 22.6 Å². The van der Waals surface area contributed by atoms with Crippen molar-refractivity contribution >= 4 is 34.2 Å². The van der Waals surface area contributed by atoms with Crippen molar-refractivity contribution in [3.05, 3.63) is 21.8 Å². The molecule has 0 bridgehead atoms. The van der Waals surface area contributed by atoms with Crippen LogP contribution in [0, 0.1) is 3.57 Å². The standard InChI is InChI=1S/C13H16INO3/c1-3-17-7-6-15-11-5-4-10(14)8-12(11)18-9(2)13(15)16/h4-5,8-9H,3,6-7H2,1-2H3. The summed E-state index contributed by atoms with van der Waals surface area (Å²) in [7, 11) is 0. The average molecular weight is 361 g/mol. The van der Waals surface area contributed by atoms with Gasteiger partial charge in [-0.05, 0) is 54.6 Å². The first-order valence-electron chi connectivity index (χ1n) is 5.98. The highest BCUT2D eigenvalue weighted by Crippen LogP contribution is 2.34. The predicted molar refractivity (Wildman–Crippen MR) is 78.1 cm³/mol. The van der Waals surface area contributed by atoms with Crippen LogP contribution in [0.5, 0.6) is 5.75 Å². The molecule has 5 heteroatoms. The fourth-order valence-electron chi connectivity index (χ4n) is 1.92. The quantitative estimate of drug-likeness (QED) is 0.611. The third-order valence-electron chi connectivity index (χ3n) is 2.79. The molecule has 1 heterocycles. The number of anilines is 1. The predicted octanol–water partition coefficient (Wildman–Crippen LogP) is 2.44. The molecule has 18 heavy (non-hydrogen) atoms. The number of halogens is 1. The highest BCUT2D eigenvalue weighted by molar-refractivity contribution is 14.1. The van der Waals surface area contributed by atoms with Gasteiger partial charge in [-0.2, -0.15) is 0 Å². The lowest BCUT2D eigenvalue weighted by molar-refractivity contribution is -0.125. The first-order chi connectivity index (χ1) is 8.63. The van der Waals surface area contributed by atoms with Crippen molar-refractivity contribution in [2.75, 3.05) is 24.7 Å². The highest BCUT2D eigenvalue weighted by atomic mass is 127. The molecule has 1 aromatic carbocycles. The Morgan fingerprint density at radius 2 is 2.28 bits per heavy atom. The Labute approximate surface area is 120 Å². The molecule has 1 amide bonds. The van der Waals surface area contributed by atoms with Crippen molar-refractivity contribution in [2.45, 2.75) is 20.0 Å². The Kier molecular flexibility index (Phi) is 4.45. The molecule has 1 unspecified atom stereocenters. The zero-order valence-corrected chi connectivity index (χ0v) is 12.6. The molecule has 0 N–H and O–H groups in total. The van der Waals surface area contributed by atoms with E-state index in [0.29, 0.717) is 19.8 Å². The van der Waals surface area contributed by atoms with Crippen LogP contribution in [0.15, 0.2) is 18.2 Å². The van der Waals surface area contributed by atoms with Crippen LogP contribution in [0.3, 0.4) is 0 Å². The van der Waals surface area contributed by atoms with Gasteiger partial charge in [-0.1, -0.05) is 0 Å². The number of carbonyl (C=O) groups is 1. The molecule has 1 aliphatic rings. The molecule has 1 atom stereocenters. The van der Waals surface area contributed by atoms with E-state index in [9.17, 15) is 4.79 Å². The summed E-state index contributed by atoms with van der Waals surface area (Å²) in [6, 6.07) is 5.85. The lowest BCUT2D eigenvalue weighted by Gasteiger charge is -2.33. The van der Waals surface area contributed by atoms with Gasteiger partial charge < -0.3 is 14.4 Å². The minimum atomic E-state index is -0.433. The van der Waals surface area contributed by atoms with Gasteiger partial charge in [0.25, 0.3) is 5.91 Å². The minimum absolute atomic E-state index is 0.0107. The molecule has 1 aromatic rings. The van der Waals surface area contributed by atoms with E-state index >= 15 is 0 Å². The van der Waals surface area contributed by atoms with Gasteiger partial charge in [-0.3, -0.25) is 4.79 Å². The zero-order chi connectivity index (χ0) is 13.1. The Morgan fingerprint density at radius 1 is 1.50 bits per heavy atom. The van der Waals surface area contributed by atoms with Crippen LogP contribution in [0.2, 0.25) is 0 Å². The summed E-state index contributed by atoms with van der Waals surface area (Å²) in [5.41, 5.74) is 0.832. The van der Waals surface area contributed by atoms with Gasteiger partial charge in [0.1, 0.15) is 5.75 Å². The number of hydrogen-bond donors (Lipinski definition) is 0. The van der Waals surface area contributed by atoms with E-state index in [-0.39, 0.29) is 5.91 Å². The molecule has 0 saturated carbocycles. The van der Waals surface area contributed by atoms with Crippen LogP contribution < -0.4 is 9.64 Å². The van der Waals surface area contributed by atoms with Crippen LogP contribution in [0.1, 0.15) is 13.8 Å². The average Bonchev–Trinajstić information content (AvgIpc) is 2.34. The zero-order valence-electron chi connectivity index (χ0n) is 10.5. The summed E-state index contributed by atoms with van der Waals surface area (Å²) in [5, 5.41) is 0. The molecule has 2 rings (SSSR count). The van der Waals surface area contributed by atoms with E-state index < -0.39 is 6.10 Å². The summed E-state index contributed by atoms with van der Waals surface area (Å²) >= 11 is 2.23. The maximum atomic E-state index is 12.1. The SMILES string of the molecule is CCOCCN1C(=O)C(C)Oc2cc(I)ccc21. The van der Waals surface area contributed by atoms with E-state index in [1.807, 2.05) is 25.1 Å². The van der Waals surface area contributed by atoms with Crippen LogP contribution in [0.25, 0.3) is 0 Å². The van der Waals surface area contributed by atoms with E-state index in [1.54, 1.807) is 11.8 Å². The number of benzene rings is 1. The number of hydrogen-bond acceptors (Lipinski definition) is 3. The van der Waals surface area contributed by atoms with Gasteiger partial charge in [-0.25, -0.2) is 0 Å². The fraction of sp³-hybridized carbons (Fsp3) is 0.462. The number of nitrogens with zero attached hydrogens (tertiary/aromatic N) is 1. The molecule has 0 aliphatic carbocycles. The Balaban J connectivity index is 2.24. The summed E-state index contributed by atoms with van der Waals surface area (Å²) in [6.07, 6.45) is -0.433. The van der Waals surface area contributed by atoms with E-state index in [4.69, 9.17) is 9.47 Å². The molecule has 0 radical (unpaired) electrons. The van der Waals surface area contributed by atoms with Crippen LogP contribution >= 0.6 is 22.6 Å². The Morgan fingerprint density at radius 3 is 3.00 bits per heavy atom. The van der Waals surface area contributed by atoms with Crippen LogP contribution in [-0.4, -0.2) is 31.8 Å². The maximum absolute atomic E-state index is 12.1. The van der Waals surface area contributed by atoms with Gasteiger partial charge in [0.2, 0.25) is 0 Å². The molecular formula is C13H16INO3. The maximum Gasteiger partial charge on any atom is 0.267 e. The fourth-order valence-corrected chi connectivity index (χ4v) is 2.38. The summed E-state index contributed by atoms with van der Waals surface area (Å²) in [6.45, 7) is 5.49. The minimum Gasteiger partial charge on any atom is -0.479 e.